The van der Waals surface area contributed by atoms with Gasteiger partial charge in [-0.2, -0.15) is 5.10 Å². The minimum atomic E-state index is -0.824. The third-order valence-electron chi connectivity index (χ3n) is 3.01. The molecule has 0 atom stereocenters. The summed E-state index contributed by atoms with van der Waals surface area (Å²) in [4.78, 5) is 23.7. The van der Waals surface area contributed by atoms with Crippen molar-refractivity contribution in [2.45, 2.75) is 0 Å². The molecular weight excluding hydrogens is 284 g/mol. The van der Waals surface area contributed by atoms with Crippen LogP contribution in [0.1, 0.15) is 0 Å². The Kier molecular flexibility index (Phi) is 3.45. The fraction of sp³-hybridized carbons (Fsp3) is 0. The summed E-state index contributed by atoms with van der Waals surface area (Å²) in [5, 5.41) is 21.8. The molecule has 0 aliphatic carbocycles. The van der Waals surface area contributed by atoms with E-state index in [4.69, 9.17) is 0 Å². The van der Waals surface area contributed by atoms with E-state index >= 15 is 0 Å². The van der Waals surface area contributed by atoms with Gasteiger partial charge in [-0.05, 0) is 30.3 Å². The predicted octanol–water partition coefficient (Wildman–Crippen LogP) is 1.85. The van der Waals surface area contributed by atoms with Crippen molar-refractivity contribution < 1.29 is 14.7 Å². The molecule has 0 radical (unpaired) electrons. The highest BCUT2D eigenvalue weighted by Crippen LogP contribution is 2.17. The number of hydrogen-bond acceptors (Lipinski definition) is 4. The standard InChI is InChI=1S/C15H12N4O3/c20-12-3-1-2-10(6-12)17-14(21)15(22)18-11-5-4-9-8-16-19-13(9)7-11/h1-8,20H,(H,16,19)(H,17,21)(H,18,22). The third kappa shape index (κ3) is 2.88. The summed E-state index contributed by atoms with van der Waals surface area (Å²) >= 11 is 0. The number of rotatable bonds is 2. The largest absolute Gasteiger partial charge is 0.508 e. The van der Waals surface area contributed by atoms with Gasteiger partial charge in [0.1, 0.15) is 5.75 Å². The molecule has 2 aromatic carbocycles. The maximum atomic E-state index is 11.9. The first kappa shape index (κ1) is 13.6. The van der Waals surface area contributed by atoms with Crippen LogP contribution in [0.3, 0.4) is 0 Å². The first-order valence-electron chi connectivity index (χ1n) is 6.46. The fourth-order valence-corrected chi connectivity index (χ4v) is 1.97. The summed E-state index contributed by atoms with van der Waals surface area (Å²) < 4.78 is 0. The number of nitrogens with zero attached hydrogens (tertiary/aromatic N) is 1. The summed E-state index contributed by atoms with van der Waals surface area (Å²) in [5.41, 5.74) is 1.57. The summed E-state index contributed by atoms with van der Waals surface area (Å²) in [6, 6.07) is 11.1. The molecule has 0 aliphatic heterocycles. The Bertz CT molecular complexity index is 857. The molecule has 0 aliphatic rings. The van der Waals surface area contributed by atoms with Crippen LogP contribution in [0.2, 0.25) is 0 Å². The van der Waals surface area contributed by atoms with Crippen LogP contribution in [0.5, 0.6) is 5.75 Å². The van der Waals surface area contributed by atoms with Gasteiger partial charge in [0.15, 0.2) is 0 Å². The minimum Gasteiger partial charge on any atom is -0.508 e. The molecule has 0 saturated carbocycles. The van der Waals surface area contributed by atoms with E-state index in [-0.39, 0.29) is 5.75 Å². The lowest BCUT2D eigenvalue weighted by Crippen LogP contribution is -2.29. The zero-order valence-corrected chi connectivity index (χ0v) is 11.3. The van der Waals surface area contributed by atoms with Crippen LogP contribution in [-0.4, -0.2) is 27.1 Å². The maximum Gasteiger partial charge on any atom is 0.314 e. The molecule has 0 fully saturated rings. The van der Waals surface area contributed by atoms with Gasteiger partial charge in [0.25, 0.3) is 0 Å². The van der Waals surface area contributed by atoms with Gasteiger partial charge in [-0.25, -0.2) is 0 Å². The molecule has 3 aromatic rings. The van der Waals surface area contributed by atoms with E-state index in [0.29, 0.717) is 11.4 Å². The van der Waals surface area contributed by atoms with Crippen LogP contribution in [0.25, 0.3) is 10.9 Å². The number of hydrogen-bond donors (Lipinski definition) is 4. The predicted molar refractivity (Wildman–Crippen MR) is 81.5 cm³/mol. The maximum absolute atomic E-state index is 11.9. The topological polar surface area (TPSA) is 107 Å². The number of amides is 2. The van der Waals surface area contributed by atoms with Crippen LogP contribution in [0, 0.1) is 0 Å². The molecule has 1 aromatic heterocycles. The molecular formula is C15H12N4O3. The zero-order chi connectivity index (χ0) is 15.5. The number of phenolic OH excluding ortho intramolecular Hbond substituents is 1. The Morgan fingerprint density at radius 1 is 1.00 bits per heavy atom. The average molecular weight is 296 g/mol. The van der Waals surface area contributed by atoms with Crippen molar-refractivity contribution in [2.24, 2.45) is 0 Å². The van der Waals surface area contributed by atoms with E-state index in [0.717, 1.165) is 10.9 Å². The van der Waals surface area contributed by atoms with E-state index in [1.165, 1.54) is 12.1 Å². The van der Waals surface area contributed by atoms with Crippen LogP contribution in [0.15, 0.2) is 48.7 Å². The molecule has 0 unspecified atom stereocenters. The molecule has 0 bridgehead atoms. The highest BCUT2D eigenvalue weighted by atomic mass is 16.3. The second-order valence-corrected chi connectivity index (χ2v) is 4.63. The minimum absolute atomic E-state index is 0.00269. The number of H-pyrrole nitrogens is 1. The first-order valence-corrected chi connectivity index (χ1v) is 6.46. The van der Waals surface area contributed by atoms with Crippen molar-refractivity contribution in [3.63, 3.8) is 0 Å². The lowest BCUT2D eigenvalue weighted by molar-refractivity contribution is -0.132. The highest BCUT2D eigenvalue weighted by Gasteiger charge is 2.14. The van der Waals surface area contributed by atoms with Crippen molar-refractivity contribution in [1.29, 1.82) is 0 Å². The van der Waals surface area contributed by atoms with Gasteiger partial charge in [0, 0.05) is 22.8 Å². The van der Waals surface area contributed by atoms with Crippen molar-refractivity contribution in [3.8, 4) is 5.75 Å². The van der Waals surface area contributed by atoms with Gasteiger partial charge in [-0.3, -0.25) is 14.7 Å². The number of phenols is 1. The molecule has 7 nitrogen and oxygen atoms in total. The smallest absolute Gasteiger partial charge is 0.314 e. The lowest BCUT2D eigenvalue weighted by Gasteiger charge is -2.07. The van der Waals surface area contributed by atoms with Crippen molar-refractivity contribution >= 4 is 34.1 Å². The van der Waals surface area contributed by atoms with Gasteiger partial charge < -0.3 is 15.7 Å². The Labute approximate surface area is 125 Å². The van der Waals surface area contributed by atoms with Crippen LogP contribution >= 0.6 is 0 Å². The number of benzene rings is 2. The Morgan fingerprint density at radius 2 is 1.73 bits per heavy atom. The van der Waals surface area contributed by atoms with Gasteiger partial charge in [-0.15, -0.1) is 0 Å². The fourth-order valence-electron chi connectivity index (χ4n) is 1.97. The first-order chi connectivity index (χ1) is 10.6. The number of aromatic nitrogens is 2. The molecule has 2 amide bonds. The zero-order valence-electron chi connectivity index (χ0n) is 11.3. The number of fused-ring (bicyclic) bond motifs is 1. The van der Waals surface area contributed by atoms with E-state index in [1.807, 2.05) is 0 Å². The number of nitrogens with one attached hydrogen (secondary N) is 3. The molecule has 0 saturated heterocycles. The molecule has 4 N–H and O–H groups in total. The molecule has 1 heterocycles. The number of carbonyl (C=O) groups excluding carboxylic acids is 2. The van der Waals surface area contributed by atoms with E-state index in [1.54, 1.807) is 36.5 Å². The van der Waals surface area contributed by atoms with Gasteiger partial charge in [0.2, 0.25) is 0 Å². The van der Waals surface area contributed by atoms with Gasteiger partial charge >= 0.3 is 11.8 Å². The Morgan fingerprint density at radius 3 is 2.45 bits per heavy atom. The Balaban J connectivity index is 1.69. The summed E-state index contributed by atoms with van der Waals surface area (Å²) in [6.07, 6.45) is 1.66. The summed E-state index contributed by atoms with van der Waals surface area (Å²) in [7, 11) is 0. The van der Waals surface area contributed by atoms with Crippen LogP contribution in [-0.2, 0) is 9.59 Å². The summed E-state index contributed by atoms with van der Waals surface area (Å²) in [6.45, 7) is 0. The normalized spacial score (nSPS) is 10.4. The number of aromatic hydroxyl groups is 1. The molecule has 110 valence electrons. The van der Waals surface area contributed by atoms with E-state index in [9.17, 15) is 14.7 Å². The SMILES string of the molecule is O=C(Nc1cccc(O)c1)C(=O)Nc1ccc2cn[nH]c2c1. The van der Waals surface area contributed by atoms with Crippen LogP contribution < -0.4 is 10.6 Å². The van der Waals surface area contributed by atoms with Gasteiger partial charge in [-0.1, -0.05) is 6.07 Å². The molecule has 0 spiro atoms. The molecule has 3 rings (SSSR count). The highest BCUT2D eigenvalue weighted by molar-refractivity contribution is 6.43. The van der Waals surface area contributed by atoms with Gasteiger partial charge in [0.05, 0.1) is 11.7 Å². The molecule has 7 heteroatoms. The number of anilines is 2. The average Bonchev–Trinajstić information content (AvgIpc) is 2.94. The van der Waals surface area contributed by atoms with E-state index < -0.39 is 11.8 Å². The second-order valence-electron chi connectivity index (χ2n) is 4.63. The Hall–Kier alpha value is -3.35. The third-order valence-corrected chi connectivity index (χ3v) is 3.01. The molecule has 22 heavy (non-hydrogen) atoms. The van der Waals surface area contributed by atoms with Crippen molar-refractivity contribution in [1.82, 2.24) is 10.2 Å². The monoisotopic (exact) mass is 296 g/mol. The lowest BCUT2D eigenvalue weighted by atomic mass is 10.2. The van der Waals surface area contributed by atoms with E-state index in [2.05, 4.69) is 20.8 Å². The number of aromatic amines is 1. The second kappa shape index (κ2) is 5.57. The number of carbonyl (C=O) groups is 2. The van der Waals surface area contributed by atoms with Crippen molar-refractivity contribution in [3.05, 3.63) is 48.7 Å². The van der Waals surface area contributed by atoms with Crippen molar-refractivity contribution in [2.75, 3.05) is 10.6 Å². The quantitative estimate of drug-likeness (QED) is 0.541. The summed E-state index contributed by atoms with van der Waals surface area (Å²) in [5.74, 6) is -1.62. The van der Waals surface area contributed by atoms with Crippen LogP contribution in [0.4, 0.5) is 11.4 Å².